The fraction of sp³-hybridized carbons (Fsp3) is 0.517. The highest BCUT2D eigenvalue weighted by Gasteiger charge is 2.36. The van der Waals surface area contributed by atoms with Crippen molar-refractivity contribution < 1.29 is 38.1 Å². The van der Waals surface area contributed by atoms with Crippen molar-refractivity contribution in [2.24, 2.45) is 11.8 Å². The van der Waals surface area contributed by atoms with Gasteiger partial charge >= 0.3 is 11.9 Å². The molecule has 212 valence electrons. The van der Waals surface area contributed by atoms with Gasteiger partial charge < -0.3 is 29.0 Å². The summed E-state index contributed by atoms with van der Waals surface area (Å²) in [4.78, 5) is 42.0. The molecule has 0 bridgehead atoms. The summed E-state index contributed by atoms with van der Waals surface area (Å²) in [6.07, 6.45) is 1.97. The van der Waals surface area contributed by atoms with Gasteiger partial charge in [-0.25, -0.2) is 9.78 Å². The van der Waals surface area contributed by atoms with E-state index in [2.05, 4.69) is 36.3 Å². The van der Waals surface area contributed by atoms with Gasteiger partial charge in [0.15, 0.2) is 17.5 Å². The van der Waals surface area contributed by atoms with E-state index in [-0.39, 0.29) is 35.8 Å². The number of amides is 1. The Morgan fingerprint density at radius 1 is 1.15 bits per heavy atom. The van der Waals surface area contributed by atoms with E-state index >= 15 is 0 Å². The van der Waals surface area contributed by atoms with Gasteiger partial charge in [-0.1, -0.05) is 44.2 Å². The number of aryl methyl sites for hydroxylation is 1. The van der Waals surface area contributed by atoms with E-state index in [4.69, 9.17) is 23.7 Å². The summed E-state index contributed by atoms with van der Waals surface area (Å²) in [5.74, 6) is -1.78. The zero-order valence-corrected chi connectivity index (χ0v) is 23.2. The van der Waals surface area contributed by atoms with E-state index in [1.165, 1.54) is 31.9 Å². The lowest BCUT2D eigenvalue weighted by Crippen LogP contribution is -2.46. The maximum atomic E-state index is 13.2. The number of benzene rings is 1. The Kier molecular flexibility index (Phi) is 11.2. The first-order valence-corrected chi connectivity index (χ1v) is 13.2. The molecule has 3 rings (SSSR count). The first kappa shape index (κ1) is 30.0. The smallest absolute Gasteiger partial charge is 0.331 e. The third kappa shape index (κ3) is 8.76. The number of nitrogens with zero attached hydrogens (tertiary/aromatic N) is 1. The van der Waals surface area contributed by atoms with Gasteiger partial charge in [-0.2, -0.15) is 0 Å². The van der Waals surface area contributed by atoms with Crippen molar-refractivity contribution in [1.82, 2.24) is 10.3 Å². The van der Waals surface area contributed by atoms with Crippen molar-refractivity contribution in [2.45, 2.75) is 58.8 Å². The minimum atomic E-state index is -1.11. The number of carbonyl (C=O) groups excluding carboxylic acids is 3. The number of hydrogen-bond donors (Lipinski definition) is 1. The van der Waals surface area contributed by atoms with Crippen molar-refractivity contribution >= 4 is 17.8 Å². The molecular formula is C29H38N2O8. The number of cyclic esters (lactones) is 1. The standard InChI is InChI=1S/C29H38N2O8/c1-18(2)15-37-26-19(3)38-29(34)23(17-36-16-22(26)12-11-21-9-7-6-8-10-21)31-28(33)25-27(39-20(4)32)24(35-5)13-14-30-25/h6-10,13-14,18-19,22-23,26H,11-12,15-17H2,1-5H3,(H,31,33)/t19-,22-,23-,26-/m0/s1. The van der Waals surface area contributed by atoms with Crippen molar-refractivity contribution in [3.63, 3.8) is 0 Å². The summed E-state index contributed by atoms with van der Waals surface area (Å²) in [5.41, 5.74) is 0.994. The maximum Gasteiger partial charge on any atom is 0.331 e. The molecule has 39 heavy (non-hydrogen) atoms. The van der Waals surface area contributed by atoms with Crippen LogP contribution in [0.4, 0.5) is 0 Å². The molecule has 0 aliphatic carbocycles. The fourth-order valence-electron chi connectivity index (χ4n) is 4.36. The lowest BCUT2D eigenvalue weighted by molar-refractivity contribution is -0.161. The van der Waals surface area contributed by atoms with Crippen LogP contribution in [0.25, 0.3) is 0 Å². The lowest BCUT2D eigenvalue weighted by atomic mass is 9.92. The maximum absolute atomic E-state index is 13.2. The van der Waals surface area contributed by atoms with Crippen LogP contribution < -0.4 is 14.8 Å². The largest absolute Gasteiger partial charge is 0.493 e. The Labute approximate surface area is 229 Å². The first-order valence-electron chi connectivity index (χ1n) is 13.2. The Morgan fingerprint density at radius 3 is 2.56 bits per heavy atom. The fourth-order valence-corrected chi connectivity index (χ4v) is 4.36. The zero-order chi connectivity index (χ0) is 28.4. The van der Waals surface area contributed by atoms with Gasteiger partial charge in [0.1, 0.15) is 6.10 Å². The molecule has 1 amide bonds. The van der Waals surface area contributed by atoms with Crippen LogP contribution in [0.15, 0.2) is 42.6 Å². The predicted octanol–water partition coefficient (Wildman–Crippen LogP) is 3.37. The molecule has 0 spiro atoms. The molecule has 10 heteroatoms. The summed E-state index contributed by atoms with van der Waals surface area (Å²) in [6, 6.07) is 10.5. The third-order valence-corrected chi connectivity index (χ3v) is 6.25. The quantitative estimate of drug-likeness (QED) is 0.450. The minimum Gasteiger partial charge on any atom is -0.493 e. The van der Waals surface area contributed by atoms with Crippen LogP contribution >= 0.6 is 0 Å². The molecule has 4 atom stereocenters. The third-order valence-electron chi connectivity index (χ3n) is 6.25. The molecule has 2 aromatic rings. The van der Waals surface area contributed by atoms with Crippen molar-refractivity contribution in [1.29, 1.82) is 0 Å². The molecule has 1 fully saturated rings. The van der Waals surface area contributed by atoms with E-state index in [0.29, 0.717) is 19.1 Å². The normalized spacial score (nSPS) is 21.7. The summed E-state index contributed by atoms with van der Waals surface area (Å²) >= 11 is 0. The van der Waals surface area contributed by atoms with Gasteiger partial charge in [0.05, 0.1) is 26.4 Å². The second-order valence-electron chi connectivity index (χ2n) is 9.97. The van der Waals surface area contributed by atoms with Crippen LogP contribution in [0.1, 0.15) is 50.2 Å². The predicted molar refractivity (Wildman–Crippen MR) is 143 cm³/mol. The van der Waals surface area contributed by atoms with Crippen LogP contribution in [-0.2, 0) is 30.2 Å². The topological polar surface area (TPSA) is 122 Å². The van der Waals surface area contributed by atoms with Gasteiger partial charge in [-0.05, 0) is 31.2 Å². The second kappa shape index (κ2) is 14.6. The number of esters is 2. The molecule has 1 aromatic heterocycles. The Bertz CT molecular complexity index is 1110. The number of aromatic nitrogens is 1. The summed E-state index contributed by atoms with van der Waals surface area (Å²) in [5, 5.41) is 2.62. The van der Waals surface area contributed by atoms with Crippen LogP contribution in [0, 0.1) is 11.8 Å². The van der Waals surface area contributed by atoms with Crippen LogP contribution in [0.3, 0.4) is 0 Å². The Morgan fingerprint density at radius 2 is 1.90 bits per heavy atom. The summed E-state index contributed by atoms with van der Waals surface area (Å²) < 4.78 is 28.4. The van der Waals surface area contributed by atoms with E-state index in [1.54, 1.807) is 6.92 Å². The number of carbonyl (C=O) groups is 3. The summed E-state index contributed by atoms with van der Waals surface area (Å²) in [7, 11) is 1.38. The molecule has 10 nitrogen and oxygen atoms in total. The van der Waals surface area contributed by atoms with E-state index < -0.39 is 30.0 Å². The molecule has 0 unspecified atom stereocenters. The molecule has 1 aromatic carbocycles. The molecule has 1 aliphatic heterocycles. The van der Waals surface area contributed by atoms with Gasteiger partial charge in [0, 0.05) is 31.7 Å². The minimum absolute atomic E-state index is 0.0446. The summed E-state index contributed by atoms with van der Waals surface area (Å²) in [6.45, 7) is 7.83. The van der Waals surface area contributed by atoms with Crippen molar-refractivity contribution in [2.75, 3.05) is 26.9 Å². The van der Waals surface area contributed by atoms with Crippen LogP contribution in [0.2, 0.25) is 0 Å². The van der Waals surface area contributed by atoms with Crippen molar-refractivity contribution in [3.05, 3.63) is 53.9 Å². The number of ether oxygens (including phenoxy) is 5. The highest BCUT2D eigenvalue weighted by molar-refractivity contribution is 5.98. The number of methoxy groups -OCH3 is 1. The molecule has 1 N–H and O–H groups in total. The average Bonchev–Trinajstić information content (AvgIpc) is 2.95. The number of nitrogens with one attached hydrogen (secondary N) is 1. The Hall–Kier alpha value is -3.50. The van der Waals surface area contributed by atoms with Gasteiger partial charge in [-0.15, -0.1) is 0 Å². The second-order valence-corrected chi connectivity index (χ2v) is 9.97. The van der Waals surface area contributed by atoms with E-state index in [1.807, 2.05) is 18.2 Å². The van der Waals surface area contributed by atoms with Gasteiger partial charge in [0.2, 0.25) is 5.75 Å². The average molecular weight is 543 g/mol. The lowest BCUT2D eigenvalue weighted by Gasteiger charge is -2.31. The molecule has 1 saturated heterocycles. The highest BCUT2D eigenvalue weighted by Crippen LogP contribution is 2.30. The number of pyridine rings is 1. The SMILES string of the molecule is COc1ccnc(C(=O)N[C@H]2COC[C@H](CCc3ccccc3)[C@@H](OCC(C)C)[C@H](C)OC2=O)c1OC(C)=O. The van der Waals surface area contributed by atoms with Crippen molar-refractivity contribution in [3.8, 4) is 11.5 Å². The molecule has 0 radical (unpaired) electrons. The molecule has 0 saturated carbocycles. The van der Waals surface area contributed by atoms with Crippen LogP contribution in [0.5, 0.6) is 11.5 Å². The molecule has 1 aliphatic rings. The highest BCUT2D eigenvalue weighted by atomic mass is 16.6. The molecular weight excluding hydrogens is 504 g/mol. The van der Waals surface area contributed by atoms with Gasteiger partial charge in [0.25, 0.3) is 5.91 Å². The first-order chi connectivity index (χ1) is 18.7. The zero-order valence-electron chi connectivity index (χ0n) is 23.2. The van der Waals surface area contributed by atoms with E-state index in [0.717, 1.165) is 12.8 Å². The molecule has 2 heterocycles. The van der Waals surface area contributed by atoms with E-state index in [9.17, 15) is 14.4 Å². The number of rotatable bonds is 10. The van der Waals surface area contributed by atoms with Crippen LogP contribution in [-0.4, -0.2) is 68.0 Å². The monoisotopic (exact) mass is 542 g/mol. The Balaban J connectivity index is 1.78. The number of hydrogen-bond acceptors (Lipinski definition) is 9. The van der Waals surface area contributed by atoms with Gasteiger partial charge in [-0.3, -0.25) is 9.59 Å².